The van der Waals surface area contributed by atoms with Gasteiger partial charge < -0.3 is 5.32 Å². The molecule has 16 heavy (non-hydrogen) atoms. The topological polar surface area (TPSA) is 12.0 Å². The fourth-order valence-electron chi connectivity index (χ4n) is 2.20. The Morgan fingerprint density at radius 2 is 1.56 bits per heavy atom. The molecule has 0 spiro atoms. The van der Waals surface area contributed by atoms with Crippen molar-refractivity contribution in [1.29, 1.82) is 0 Å². The van der Waals surface area contributed by atoms with E-state index in [-0.39, 0.29) is 0 Å². The maximum absolute atomic E-state index is 3.62. The average Bonchev–Trinajstić information content (AvgIpc) is 2.15. The summed E-state index contributed by atoms with van der Waals surface area (Å²) in [6.45, 7) is 11.1. The summed E-state index contributed by atoms with van der Waals surface area (Å²) in [5, 5.41) is 3.62. The zero-order chi connectivity index (χ0) is 12.1. The number of hydrogen-bond donors (Lipinski definition) is 1. The molecule has 0 bridgehead atoms. The van der Waals surface area contributed by atoms with Gasteiger partial charge in [-0.2, -0.15) is 0 Å². The molecule has 0 fully saturated rings. The first-order valence-electron chi connectivity index (χ1n) is 6.34. The molecule has 0 aromatic heterocycles. The number of benzene rings is 1. The lowest BCUT2D eigenvalue weighted by molar-refractivity contribution is 0.455. The zero-order valence-corrected chi connectivity index (χ0v) is 11.3. The number of rotatable bonds is 5. The fraction of sp³-hybridized carbons (Fsp3) is 0.600. The normalized spacial score (nSPS) is 14.8. The van der Waals surface area contributed by atoms with Gasteiger partial charge >= 0.3 is 0 Å². The fourth-order valence-corrected chi connectivity index (χ4v) is 2.20. The molecule has 0 aliphatic carbocycles. The molecule has 0 radical (unpaired) electrons. The van der Waals surface area contributed by atoms with E-state index in [0.717, 1.165) is 6.42 Å². The van der Waals surface area contributed by atoms with Gasteiger partial charge in [-0.15, -0.1) is 0 Å². The van der Waals surface area contributed by atoms with Gasteiger partial charge in [0.2, 0.25) is 0 Å². The predicted molar refractivity (Wildman–Crippen MR) is 72.0 cm³/mol. The van der Waals surface area contributed by atoms with Crippen molar-refractivity contribution in [2.45, 2.75) is 59.5 Å². The van der Waals surface area contributed by atoms with Crippen molar-refractivity contribution in [3.8, 4) is 0 Å². The number of nitrogens with one attached hydrogen (secondary N) is 1. The maximum Gasteiger partial charge on any atom is 0.00816 e. The van der Waals surface area contributed by atoms with Crippen molar-refractivity contribution in [3.05, 3.63) is 34.9 Å². The lowest BCUT2D eigenvalue weighted by Crippen LogP contribution is -2.35. The van der Waals surface area contributed by atoms with E-state index in [2.05, 4.69) is 58.1 Å². The van der Waals surface area contributed by atoms with Gasteiger partial charge in [0.15, 0.2) is 0 Å². The van der Waals surface area contributed by atoms with Gasteiger partial charge in [0.05, 0.1) is 0 Å². The van der Waals surface area contributed by atoms with Gasteiger partial charge in [-0.1, -0.05) is 36.2 Å². The second kappa shape index (κ2) is 6.05. The second-order valence-corrected chi connectivity index (χ2v) is 5.08. The summed E-state index contributed by atoms with van der Waals surface area (Å²) in [4.78, 5) is 0. The molecule has 2 unspecified atom stereocenters. The summed E-state index contributed by atoms with van der Waals surface area (Å²) in [6.07, 6.45) is 2.31. The second-order valence-electron chi connectivity index (χ2n) is 5.08. The van der Waals surface area contributed by atoms with Crippen LogP contribution in [0.2, 0.25) is 0 Å². The van der Waals surface area contributed by atoms with Gasteiger partial charge in [-0.3, -0.25) is 0 Å². The highest BCUT2D eigenvalue weighted by Gasteiger charge is 2.07. The van der Waals surface area contributed by atoms with Crippen molar-refractivity contribution in [1.82, 2.24) is 5.32 Å². The van der Waals surface area contributed by atoms with Crippen LogP contribution in [0.5, 0.6) is 0 Å². The highest BCUT2D eigenvalue weighted by Crippen LogP contribution is 2.11. The lowest BCUT2D eigenvalue weighted by atomic mass is 10.0. The first kappa shape index (κ1) is 13.2. The van der Waals surface area contributed by atoms with Crippen LogP contribution in [0, 0.1) is 13.8 Å². The third-order valence-electron chi connectivity index (χ3n) is 3.00. The van der Waals surface area contributed by atoms with Crippen LogP contribution >= 0.6 is 0 Å². The van der Waals surface area contributed by atoms with Crippen LogP contribution in [-0.2, 0) is 6.42 Å². The molecule has 1 aromatic rings. The van der Waals surface area contributed by atoms with E-state index in [4.69, 9.17) is 0 Å². The largest absolute Gasteiger partial charge is 0.311 e. The molecule has 1 aromatic carbocycles. The van der Waals surface area contributed by atoms with Crippen LogP contribution in [0.4, 0.5) is 0 Å². The standard InChI is InChI=1S/C15H25N/c1-6-13(4)16-14(5)10-15-8-11(2)7-12(3)9-15/h7-9,13-14,16H,6,10H2,1-5H3. The number of hydrogen-bond acceptors (Lipinski definition) is 1. The SMILES string of the molecule is CCC(C)NC(C)Cc1cc(C)cc(C)c1. The Morgan fingerprint density at radius 3 is 2.06 bits per heavy atom. The maximum atomic E-state index is 3.62. The van der Waals surface area contributed by atoms with E-state index in [1.165, 1.54) is 23.1 Å². The minimum atomic E-state index is 0.552. The van der Waals surface area contributed by atoms with Crippen molar-refractivity contribution in [2.75, 3.05) is 0 Å². The predicted octanol–water partition coefficient (Wildman–Crippen LogP) is 3.62. The van der Waals surface area contributed by atoms with Gasteiger partial charge in [-0.25, -0.2) is 0 Å². The quantitative estimate of drug-likeness (QED) is 0.797. The van der Waals surface area contributed by atoms with E-state index in [9.17, 15) is 0 Å². The molecule has 0 amide bonds. The third kappa shape index (κ3) is 4.36. The third-order valence-corrected chi connectivity index (χ3v) is 3.00. The van der Waals surface area contributed by atoms with E-state index in [1.807, 2.05) is 0 Å². The van der Waals surface area contributed by atoms with Gasteiger partial charge in [0.25, 0.3) is 0 Å². The summed E-state index contributed by atoms with van der Waals surface area (Å²) in [5.74, 6) is 0. The average molecular weight is 219 g/mol. The molecule has 0 aliphatic heterocycles. The molecule has 0 aliphatic rings. The number of aryl methyl sites for hydroxylation is 2. The lowest BCUT2D eigenvalue weighted by Gasteiger charge is -2.19. The molecule has 1 N–H and O–H groups in total. The molecule has 0 saturated carbocycles. The highest BCUT2D eigenvalue weighted by atomic mass is 14.9. The summed E-state index contributed by atoms with van der Waals surface area (Å²) < 4.78 is 0. The van der Waals surface area contributed by atoms with Crippen LogP contribution in [0.1, 0.15) is 43.9 Å². The molecular weight excluding hydrogens is 194 g/mol. The zero-order valence-electron chi connectivity index (χ0n) is 11.3. The minimum absolute atomic E-state index is 0.552. The smallest absolute Gasteiger partial charge is 0.00816 e. The summed E-state index contributed by atoms with van der Waals surface area (Å²) in [6, 6.07) is 7.98. The Kier molecular flexibility index (Phi) is 5.01. The Bertz CT molecular complexity index is 310. The van der Waals surface area contributed by atoms with Crippen molar-refractivity contribution in [3.63, 3.8) is 0 Å². The highest BCUT2D eigenvalue weighted by molar-refractivity contribution is 5.29. The van der Waals surface area contributed by atoms with Crippen LogP contribution in [0.25, 0.3) is 0 Å². The van der Waals surface area contributed by atoms with Crippen molar-refractivity contribution < 1.29 is 0 Å². The monoisotopic (exact) mass is 219 g/mol. The first-order chi connectivity index (χ1) is 7.51. The van der Waals surface area contributed by atoms with E-state index in [1.54, 1.807) is 0 Å². The molecule has 0 saturated heterocycles. The van der Waals surface area contributed by atoms with E-state index < -0.39 is 0 Å². The van der Waals surface area contributed by atoms with Crippen LogP contribution in [0.3, 0.4) is 0 Å². The summed E-state index contributed by atoms with van der Waals surface area (Å²) in [5.41, 5.74) is 4.18. The molecule has 1 rings (SSSR count). The Morgan fingerprint density at radius 1 is 1.00 bits per heavy atom. The molecule has 2 atom stereocenters. The van der Waals surface area contributed by atoms with Gasteiger partial charge in [0, 0.05) is 12.1 Å². The van der Waals surface area contributed by atoms with Crippen LogP contribution < -0.4 is 5.32 Å². The molecule has 90 valence electrons. The minimum Gasteiger partial charge on any atom is -0.311 e. The van der Waals surface area contributed by atoms with Gasteiger partial charge in [0.1, 0.15) is 0 Å². The molecule has 1 heteroatoms. The molecule has 1 nitrogen and oxygen atoms in total. The van der Waals surface area contributed by atoms with Crippen molar-refractivity contribution >= 4 is 0 Å². The molecular formula is C15H25N. The van der Waals surface area contributed by atoms with E-state index >= 15 is 0 Å². The van der Waals surface area contributed by atoms with Crippen LogP contribution in [0.15, 0.2) is 18.2 Å². The van der Waals surface area contributed by atoms with E-state index in [0.29, 0.717) is 12.1 Å². The molecule has 0 heterocycles. The van der Waals surface area contributed by atoms with Crippen molar-refractivity contribution in [2.24, 2.45) is 0 Å². The Hall–Kier alpha value is -0.820. The first-order valence-corrected chi connectivity index (χ1v) is 6.34. The Balaban J connectivity index is 2.58. The summed E-state index contributed by atoms with van der Waals surface area (Å²) >= 11 is 0. The van der Waals surface area contributed by atoms with Gasteiger partial charge in [-0.05, 0) is 46.1 Å². The summed E-state index contributed by atoms with van der Waals surface area (Å²) in [7, 11) is 0. The Labute approximate surface area is 100 Å². The van der Waals surface area contributed by atoms with Crippen LogP contribution in [-0.4, -0.2) is 12.1 Å².